The van der Waals surface area contributed by atoms with E-state index in [9.17, 15) is 45.6 Å². The quantitative estimate of drug-likeness (QED) is 0.0204. The van der Waals surface area contributed by atoms with Crippen LogP contribution in [0.5, 0.6) is 0 Å². The van der Waals surface area contributed by atoms with Crippen molar-refractivity contribution in [1.29, 1.82) is 0 Å². The molecular weight excluding hydrogens is 1170 g/mol. The van der Waals surface area contributed by atoms with Gasteiger partial charge < -0.3 is 65.1 Å². The van der Waals surface area contributed by atoms with Crippen molar-refractivity contribution in [1.82, 2.24) is 5.32 Å². The summed E-state index contributed by atoms with van der Waals surface area (Å²) in [6.07, 6.45) is 70.7. The van der Waals surface area contributed by atoms with Gasteiger partial charge in [-0.2, -0.15) is 0 Å². The van der Waals surface area contributed by atoms with E-state index in [0.717, 1.165) is 77.0 Å². The van der Waals surface area contributed by atoms with E-state index in [4.69, 9.17) is 18.9 Å². The molecule has 2 fully saturated rings. The van der Waals surface area contributed by atoms with Crippen molar-refractivity contribution < 1.29 is 64.6 Å². The molecule has 2 heterocycles. The molecule has 0 radical (unpaired) electrons. The Morgan fingerprint density at radius 1 is 0.398 bits per heavy atom. The van der Waals surface area contributed by atoms with Gasteiger partial charge in [-0.05, 0) is 70.6 Å². The largest absolute Gasteiger partial charge is 0.394 e. The summed E-state index contributed by atoms with van der Waals surface area (Å²) in [6.45, 7) is 2.73. The lowest BCUT2D eigenvalue weighted by atomic mass is 9.97. The van der Waals surface area contributed by atoms with Crippen LogP contribution in [0.15, 0.2) is 85.1 Å². The van der Waals surface area contributed by atoms with Crippen LogP contribution in [-0.2, 0) is 23.7 Å². The zero-order valence-electron chi connectivity index (χ0n) is 59.0. The third kappa shape index (κ3) is 46.1. The van der Waals surface area contributed by atoms with Crippen LogP contribution in [0.2, 0.25) is 0 Å². The number of aliphatic hydroxyl groups is 8. The maximum Gasteiger partial charge on any atom is 0.220 e. The summed E-state index contributed by atoms with van der Waals surface area (Å²) >= 11 is 0. The molecule has 93 heavy (non-hydrogen) atoms. The first-order chi connectivity index (χ1) is 45.6. The Balaban J connectivity index is 1.64. The van der Waals surface area contributed by atoms with Crippen molar-refractivity contribution in [3.63, 3.8) is 0 Å². The second-order valence-electron chi connectivity index (χ2n) is 26.8. The molecule has 2 aliphatic rings. The van der Waals surface area contributed by atoms with E-state index >= 15 is 0 Å². The molecule has 0 aromatic rings. The lowest BCUT2D eigenvalue weighted by molar-refractivity contribution is -0.359. The molecule has 2 aliphatic heterocycles. The van der Waals surface area contributed by atoms with E-state index in [0.29, 0.717) is 6.42 Å². The topological polar surface area (TPSA) is 228 Å². The number of hydrogen-bond acceptors (Lipinski definition) is 13. The molecule has 0 aromatic heterocycles. The Morgan fingerprint density at radius 3 is 1.14 bits per heavy atom. The number of rotatable bonds is 63. The molecule has 9 N–H and O–H groups in total. The highest BCUT2D eigenvalue weighted by molar-refractivity contribution is 5.76. The second kappa shape index (κ2) is 62.7. The minimum atomic E-state index is -1.79. The number of carbonyl (C=O) groups is 1. The van der Waals surface area contributed by atoms with E-state index in [2.05, 4.69) is 92.1 Å². The van der Waals surface area contributed by atoms with Crippen LogP contribution >= 0.6 is 0 Å². The van der Waals surface area contributed by atoms with Crippen LogP contribution in [0.4, 0.5) is 0 Å². The van der Waals surface area contributed by atoms with Gasteiger partial charge in [0, 0.05) is 6.42 Å². The highest BCUT2D eigenvalue weighted by atomic mass is 16.7. The van der Waals surface area contributed by atoms with Gasteiger partial charge in [0.2, 0.25) is 5.91 Å². The predicted molar refractivity (Wildman–Crippen MR) is 383 cm³/mol. The molecule has 2 saturated heterocycles. The summed E-state index contributed by atoms with van der Waals surface area (Å²) in [6, 6.07) is -0.921. The number of allylic oxidation sites excluding steroid dienone is 13. The van der Waals surface area contributed by atoms with Gasteiger partial charge in [0.1, 0.15) is 48.8 Å². The number of amides is 1. The zero-order valence-corrected chi connectivity index (χ0v) is 59.0. The minimum absolute atomic E-state index is 0.239. The van der Waals surface area contributed by atoms with Crippen molar-refractivity contribution in [2.45, 2.75) is 389 Å². The van der Waals surface area contributed by atoms with E-state index in [1.807, 2.05) is 6.08 Å². The highest BCUT2D eigenvalue weighted by Crippen LogP contribution is 2.30. The summed E-state index contributed by atoms with van der Waals surface area (Å²) in [5, 5.41) is 87.6. The average molecular weight is 1310 g/mol. The van der Waals surface area contributed by atoms with Gasteiger partial charge in [0.05, 0.1) is 32.0 Å². The van der Waals surface area contributed by atoms with Gasteiger partial charge in [0.25, 0.3) is 0 Å². The number of nitrogens with one attached hydrogen (secondary N) is 1. The van der Waals surface area contributed by atoms with Gasteiger partial charge in [-0.25, -0.2) is 0 Å². The summed E-state index contributed by atoms with van der Waals surface area (Å²) in [5.41, 5.74) is 0. The standard InChI is InChI=1S/C79H141NO13/c1-3-5-7-9-11-13-15-17-19-21-23-25-27-29-31-32-33-34-35-36-37-39-41-43-45-47-49-51-53-55-57-59-61-63-71(84)80-67(66-90-78-76(89)74(87)77(70(65-82)92-78)93-79-75(88)73(86)72(85)69(64-81)91-79)68(83)62-60-58-56-54-52-50-48-46-44-42-40-38-30-28-26-24-22-20-18-16-14-12-10-8-6-4-2/h5,7,11,13,17,19,23,25,29,31,33-34,60,62,67-70,72-79,81-83,85-89H,3-4,6,8-10,12,14-16,18,20-22,24,26-28,30,32,35-59,61,63-66H2,1-2H3,(H,80,84)/b7-5-,13-11-,19-17-,25-23-,31-29-,34-33-,62-60+. The Bertz CT molecular complexity index is 1890. The Kier molecular flexibility index (Phi) is 58.1. The molecule has 12 atom stereocenters. The van der Waals surface area contributed by atoms with Gasteiger partial charge in [-0.1, -0.05) is 324 Å². The minimum Gasteiger partial charge on any atom is -0.394 e. The van der Waals surface area contributed by atoms with Gasteiger partial charge in [0.15, 0.2) is 12.6 Å². The number of aliphatic hydroxyl groups excluding tert-OH is 8. The summed E-state index contributed by atoms with van der Waals surface area (Å²) < 4.78 is 22.9. The Morgan fingerprint density at radius 2 is 0.742 bits per heavy atom. The van der Waals surface area contributed by atoms with E-state index < -0.39 is 86.8 Å². The van der Waals surface area contributed by atoms with Crippen LogP contribution in [-0.4, -0.2) is 140 Å². The fourth-order valence-corrected chi connectivity index (χ4v) is 12.3. The number of hydrogen-bond donors (Lipinski definition) is 9. The van der Waals surface area contributed by atoms with Crippen molar-refractivity contribution in [3.8, 4) is 0 Å². The maximum absolute atomic E-state index is 13.4. The lowest BCUT2D eigenvalue weighted by Gasteiger charge is -2.46. The molecule has 14 heteroatoms. The number of carbonyl (C=O) groups excluding carboxylic acids is 1. The van der Waals surface area contributed by atoms with Gasteiger partial charge >= 0.3 is 0 Å². The Labute approximate surface area is 567 Å². The summed E-state index contributed by atoms with van der Waals surface area (Å²) in [7, 11) is 0. The zero-order chi connectivity index (χ0) is 67.3. The maximum atomic E-state index is 13.4. The van der Waals surface area contributed by atoms with Crippen LogP contribution in [0.3, 0.4) is 0 Å². The normalized spacial score (nSPS) is 23.0. The molecule has 0 aromatic carbocycles. The third-order valence-corrected chi connectivity index (χ3v) is 18.3. The average Bonchev–Trinajstić information content (AvgIpc) is 0.852. The molecule has 12 unspecified atom stereocenters. The SMILES string of the molecule is CC/C=C\C/C=C\C/C=C\C/C=C\C/C=C\C/C=C\CCCCCCCCCCCCCCCCC(=O)NC(COC1OC(CO)C(OC2OC(CO)C(O)C(O)C2O)C(O)C1O)C(O)/C=C/CCCCCCCCCCCCCCCCCCCCCCCCCC. The first-order valence-electron chi connectivity index (χ1n) is 38.3. The highest BCUT2D eigenvalue weighted by Gasteiger charge is 2.51. The Hall–Kier alpha value is -2.83. The molecule has 540 valence electrons. The monoisotopic (exact) mass is 1310 g/mol. The van der Waals surface area contributed by atoms with Crippen molar-refractivity contribution in [2.24, 2.45) is 0 Å². The molecule has 0 bridgehead atoms. The number of ether oxygens (including phenoxy) is 4. The van der Waals surface area contributed by atoms with E-state index in [-0.39, 0.29) is 18.9 Å². The number of unbranched alkanes of at least 4 members (excludes halogenated alkanes) is 38. The van der Waals surface area contributed by atoms with Crippen LogP contribution in [0.25, 0.3) is 0 Å². The van der Waals surface area contributed by atoms with Gasteiger partial charge in [-0.3, -0.25) is 4.79 Å². The summed E-state index contributed by atoms with van der Waals surface area (Å²) in [4.78, 5) is 13.4. The van der Waals surface area contributed by atoms with E-state index in [1.165, 1.54) is 212 Å². The molecule has 14 nitrogen and oxygen atoms in total. The van der Waals surface area contributed by atoms with E-state index in [1.54, 1.807) is 6.08 Å². The molecule has 2 rings (SSSR count). The van der Waals surface area contributed by atoms with Crippen molar-refractivity contribution >= 4 is 5.91 Å². The van der Waals surface area contributed by atoms with Gasteiger partial charge in [-0.15, -0.1) is 0 Å². The molecular formula is C79H141NO13. The smallest absolute Gasteiger partial charge is 0.220 e. The molecule has 0 aliphatic carbocycles. The fourth-order valence-electron chi connectivity index (χ4n) is 12.3. The third-order valence-electron chi connectivity index (χ3n) is 18.3. The summed E-state index contributed by atoms with van der Waals surface area (Å²) in [5.74, 6) is -0.239. The lowest BCUT2D eigenvalue weighted by Crippen LogP contribution is -2.65. The molecule has 0 spiro atoms. The fraction of sp³-hybridized carbons (Fsp3) is 0.810. The second-order valence-corrected chi connectivity index (χ2v) is 26.8. The van der Waals surface area contributed by atoms with Crippen LogP contribution in [0, 0.1) is 0 Å². The van der Waals surface area contributed by atoms with Crippen LogP contribution < -0.4 is 5.32 Å². The van der Waals surface area contributed by atoms with Crippen molar-refractivity contribution in [3.05, 3.63) is 85.1 Å². The molecule has 1 amide bonds. The first kappa shape index (κ1) is 86.3. The molecule has 0 saturated carbocycles. The predicted octanol–water partition coefficient (Wildman–Crippen LogP) is 16.7. The van der Waals surface area contributed by atoms with Crippen molar-refractivity contribution in [2.75, 3.05) is 19.8 Å². The van der Waals surface area contributed by atoms with Crippen LogP contribution in [0.1, 0.15) is 316 Å². The first-order valence-corrected chi connectivity index (χ1v) is 38.3.